The fourth-order valence-electron chi connectivity index (χ4n) is 1.12. The van der Waals surface area contributed by atoms with Gasteiger partial charge < -0.3 is 0 Å². The van der Waals surface area contributed by atoms with E-state index in [1.54, 1.807) is 0 Å². The van der Waals surface area contributed by atoms with Gasteiger partial charge in [0.2, 0.25) is 0 Å². The molecule has 0 aromatic carbocycles. The van der Waals surface area contributed by atoms with Gasteiger partial charge in [-0.2, -0.15) is 0 Å². The van der Waals surface area contributed by atoms with Gasteiger partial charge in [0.1, 0.15) is 0 Å². The van der Waals surface area contributed by atoms with E-state index >= 15 is 0 Å². The zero-order chi connectivity index (χ0) is 8.65. The molecule has 0 aliphatic carbocycles. The molecule has 0 saturated heterocycles. The fourth-order valence-corrected chi connectivity index (χ4v) is 5.61. The van der Waals surface area contributed by atoms with Crippen LogP contribution in [0, 0.1) is 0 Å². The van der Waals surface area contributed by atoms with Gasteiger partial charge in [-0.15, -0.1) is 0 Å². The summed E-state index contributed by atoms with van der Waals surface area (Å²) < 4.78 is 3.38. The van der Waals surface area contributed by atoms with Crippen LogP contribution < -0.4 is 9.44 Å². The number of imidazole rings is 1. The molecule has 0 bridgehead atoms. The molecule has 0 unspecified atom stereocenters. The molecule has 0 radical (unpaired) electrons. The Morgan fingerprint density at radius 2 is 2.00 bits per heavy atom. The van der Waals surface area contributed by atoms with Crippen LogP contribution in [0.5, 0.6) is 0 Å². The van der Waals surface area contributed by atoms with Crippen molar-refractivity contribution in [2.24, 2.45) is 7.05 Å². The summed E-state index contributed by atoms with van der Waals surface area (Å²) in [5.74, 6) is 0.631. The molecule has 3 nitrogen and oxygen atoms in total. The average Bonchev–Trinajstić information content (AvgIpc) is 2.11. The standard InChI is InChI=1S/C4H6N3.3CH3.Sn/c1-7-3-2-6-4(7)5;;;;/h2H,1H3,(H2,5,6);3*1H3;. The molecule has 62 valence electrons. The number of aromatic nitrogens is 2. The third-order valence-electron chi connectivity index (χ3n) is 1.79. The van der Waals surface area contributed by atoms with Gasteiger partial charge in [-0.3, -0.25) is 0 Å². The van der Waals surface area contributed by atoms with E-state index in [1.165, 1.54) is 3.71 Å². The Hall–Kier alpha value is -0.191. The molecular weight excluding hydrogens is 245 g/mol. The Kier molecular flexibility index (Phi) is 2.18. The second-order valence-corrected chi connectivity index (χ2v) is 18.1. The summed E-state index contributed by atoms with van der Waals surface area (Å²) in [5, 5.41) is 0. The SMILES string of the molecule is Cn1[c]([Sn]([CH3])([CH3])[CH3])cnc1N. The maximum absolute atomic E-state index is 5.62. The van der Waals surface area contributed by atoms with E-state index in [-0.39, 0.29) is 0 Å². The molecule has 0 spiro atoms. The summed E-state index contributed by atoms with van der Waals surface area (Å²) >= 11 is -1.93. The van der Waals surface area contributed by atoms with Crippen LogP contribution in [0.3, 0.4) is 0 Å². The summed E-state index contributed by atoms with van der Waals surface area (Å²) in [6.07, 6.45) is 1.92. The summed E-state index contributed by atoms with van der Waals surface area (Å²) in [4.78, 5) is 11.1. The van der Waals surface area contributed by atoms with Gasteiger partial charge in [0.15, 0.2) is 0 Å². The molecule has 2 N–H and O–H groups in total. The van der Waals surface area contributed by atoms with Gasteiger partial charge in [-0.05, 0) is 0 Å². The number of nitrogens with zero attached hydrogens (tertiary/aromatic N) is 2. The normalized spacial score (nSPS) is 12.0. The zero-order valence-corrected chi connectivity index (χ0v) is 10.4. The zero-order valence-electron chi connectivity index (χ0n) is 7.55. The van der Waals surface area contributed by atoms with Gasteiger partial charge in [-0.1, -0.05) is 0 Å². The van der Waals surface area contributed by atoms with Crippen LogP contribution in [0.2, 0.25) is 14.8 Å². The van der Waals surface area contributed by atoms with Crippen molar-refractivity contribution in [3.63, 3.8) is 0 Å². The second-order valence-electron chi connectivity index (χ2n) is 3.81. The summed E-state index contributed by atoms with van der Waals surface area (Å²) in [5.41, 5.74) is 5.62. The van der Waals surface area contributed by atoms with Crippen LogP contribution in [-0.4, -0.2) is 27.9 Å². The van der Waals surface area contributed by atoms with Crippen LogP contribution in [0.4, 0.5) is 5.95 Å². The van der Waals surface area contributed by atoms with E-state index < -0.39 is 18.4 Å². The maximum atomic E-state index is 5.62. The molecule has 0 aliphatic heterocycles. The molecule has 4 heteroatoms. The number of anilines is 1. The van der Waals surface area contributed by atoms with Crippen LogP contribution in [0.25, 0.3) is 0 Å². The van der Waals surface area contributed by atoms with Gasteiger partial charge in [0.25, 0.3) is 0 Å². The number of hydrogen-bond donors (Lipinski definition) is 1. The van der Waals surface area contributed by atoms with Crippen LogP contribution in [0.15, 0.2) is 6.20 Å². The first kappa shape index (κ1) is 8.90. The van der Waals surface area contributed by atoms with Crippen molar-refractivity contribution in [3.05, 3.63) is 6.20 Å². The van der Waals surface area contributed by atoms with Gasteiger partial charge in [0, 0.05) is 0 Å². The molecular formula is C7H15N3Sn. The second kappa shape index (κ2) is 2.69. The van der Waals surface area contributed by atoms with E-state index in [4.69, 9.17) is 5.73 Å². The predicted molar refractivity (Wildman–Crippen MR) is 50.6 cm³/mol. The molecule has 1 rings (SSSR count). The average molecular weight is 260 g/mol. The number of nitrogen functional groups attached to an aromatic ring is 1. The minimum atomic E-state index is -1.93. The minimum absolute atomic E-state index is 0.631. The van der Waals surface area contributed by atoms with E-state index in [2.05, 4.69) is 19.8 Å². The molecule has 0 atom stereocenters. The fraction of sp³-hybridized carbons (Fsp3) is 0.571. The van der Waals surface area contributed by atoms with E-state index in [1.807, 2.05) is 17.8 Å². The molecule has 0 saturated carbocycles. The summed E-state index contributed by atoms with van der Waals surface area (Å²) in [6.45, 7) is 0. The molecule has 0 amide bonds. The summed E-state index contributed by atoms with van der Waals surface area (Å²) in [7, 11) is 1.99. The van der Waals surface area contributed by atoms with Crippen molar-refractivity contribution in [2.75, 3.05) is 5.73 Å². The van der Waals surface area contributed by atoms with Crippen molar-refractivity contribution < 1.29 is 0 Å². The first-order valence-electron chi connectivity index (χ1n) is 3.70. The molecule has 1 aromatic heterocycles. The van der Waals surface area contributed by atoms with Crippen molar-refractivity contribution in [2.45, 2.75) is 14.8 Å². The number of nitrogens with two attached hydrogens (primary N) is 1. The van der Waals surface area contributed by atoms with E-state index in [0.717, 1.165) is 0 Å². The quantitative estimate of drug-likeness (QED) is 0.749. The first-order valence-corrected chi connectivity index (χ1v) is 13.7. The van der Waals surface area contributed by atoms with Crippen molar-refractivity contribution >= 4 is 28.0 Å². The number of hydrogen-bond acceptors (Lipinski definition) is 2. The van der Waals surface area contributed by atoms with Crippen LogP contribution in [-0.2, 0) is 7.05 Å². The molecule has 11 heavy (non-hydrogen) atoms. The van der Waals surface area contributed by atoms with Crippen molar-refractivity contribution in [1.82, 2.24) is 9.55 Å². The Labute approximate surface area is 71.5 Å². The third kappa shape index (κ3) is 1.69. The van der Waals surface area contributed by atoms with Crippen LogP contribution in [0.1, 0.15) is 0 Å². The molecule has 1 heterocycles. The Morgan fingerprint density at radius 1 is 1.45 bits per heavy atom. The Morgan fingerprint density at radius 3 is 2.18 bits per heavy atom. The predicted octanol–water partition coefficient (Wildman–Crippen LogP) is 0.548. The van der Waals surface area contributed by atoms with Gasteiger partial charge >= 0.3 is 71.4 Å². The van der Waals surface area contributed by atoms with E-state index in [0.29, 0.717) is 5.95 Å². The Bertz CT molecular complexity index is 259. The number of rotatable bonds is 1. The van der Waals surface area contributed by atoms with E-state index in [9.17, 15) is 0 Å². The van der Waals surface area contributed by atoms with Crippen molar-refractivity contribution in [3.8, 4) is 0 Å². The first-order chi connectivity index (χ1) is 4.93. The molecule has 0 aliphatic rings. The Balaban J connectivity index is 3.15. The monoisotopic (exact) mass is 261 g/mol. The van der Waals surface area contributed by atoms with Gasteiger partial charge in [-0.25, -0.2) is 0 Å². The van der Waals surface area contributed by atoms with Crippen LogP contribution >= 0.6 is 0 Å². The molecule has 0 fully saturated rings. The molecule has 1 aromatic rings. The third-order valence-corrected chi connectivity index (χ3v) is 7.50. The topological polar surface area (TPSA) is 43.8 Å². The summed E-state index contributed by atoms with van der Waals surface area (Å²) in [6, 6.07) is 0. The van der Waals surface area contributed by atoms with Crippen molar-refractivity contribution in [1.29, 1.82) is 0 Å². The van der Waals surface area contributed by atoms with Gasteiger partial charge in [0.05, 0.1) is 0 Å².